The van der Waals surface area contributed by atoms with Crippen LogP contribution >= 0.6 is 11.6 Å². The van der Waals surface area contributed by atoms with Gasteiger partial charge in [-0.05, 0) is 31.0 Å². The summed E-state index contributed by atoms with van der Waals surface area (Å²) < 4.78 is 0. The van der Waals surface area contributed by atoms with Crippen molar-refractivity contribution in [3.8, 4) is 0 Å². The molecule has 2 rings (SSSR count). The summed E-state index contributed by atoms with van der Waals surface area (Å²) in [5.74, 6) is 0. The van der Waals surface area contributed by atoms with Crippen molar-refractivity contribution in [1.29, 1.82) is 0 Å². The summed E-state index contributed by atoms with van der Waals surface area (Å²) in [5.41, 5.74) is 6.92. The maximum Gasteiger partial charge on any atom is 0.0426 e. The van der Waals surface area contributed by atoms with Gasteiger partial charge >= 0.3 is 0 Å². The lowest BCUT2D eigenvalue weighted by atomic mass is 10.2. The predicted octanol–water partition coefficient (Wildman–Crippen LogP) is 2.27. The Labute approximate surface area is 89.7 Å². The van der Waals surface area contributed by atoms with Gasteiger partial charge < -0.3 is 10.6 Å². The summed E-state index contributed by atoms with van der Waals surface area (Å²) in [6, 6.07) is 8.49. The van der Waals surface area contributed by atoms with Crippen molar-refractivity contribution in [3.63, 3.8) is 0 Å². The second-order valence-corrected chi connectivity index (χ2v) is 4.14. The maximum absolute atomic E-state index is 5.96. The van der Waals surface area contributed by atoms with Crippen molar-refractivity contribution in [2.24, 2.45) is 5.73 Å². The molecule has 0 radical (unpaired) electrons. The average Bonchev–Trinajstić information content (AvgIpc) is 2.65. The lowest BCUT2D eigenvalue weighted by Gasteiger charge is -2.25. The molecular formula is C11H15ClN2. The second kappa shape index (κ2) is 4.20. The van der Waals surface area contributed by atoms with Gasteiger partial charge in [0.1, 0.15) is 0 Å². The van der Waals surface area contributed by atoms with Crippen LogP contribution in [0.3, 0.4) is 0 Å². The highest BCUT2D eigenvalue weighted by atomic mass is 35.5. The molecule has 14 heavy (non-hydrogen) atoms. The molecule has 1 fully saturated rings. The maximum atomic E-state index is 5.96. The molecule has 0 aliphatic carbocycles. The van der Waals surface area contributed by atoms with Crippen LogP contribution in [-0.4, -0.2) is 19.1 Å². The number of nitrogens with two attached hydrogens (primary N) is 1. The molecule has 2 N–H and O–H groups in total. The van der Waals surface area contributed by atoms with Crippen LogP contribution in [0.2, 0.25) is 5.02 Å². The highest BCUT2D eigenvalue weighted by Crippen LogP contribution is 2.26. The Morgan fingerprint density at radius 2 is 2.36 bits per heavy atom. The number of anilines is 1. The Bertz CT molecular complexity index is 314. The second-order valence-electron chi connectivity index (χ2n) is 3.71. The van der Waals surface area contributed by atoms with Gasteiger partial charge in [0.15, 0.2) is 0 Å². The van der Waals surface area contributed by atoms with Crippen molar-refractivity contribution in [1.82, 2.24) is 0 Å². The molecule has 1 heterocycles. The monoisotopic (exact) mass is 210 g/mol. The van der Waals surface area contributed by atoms with E-state index >= 15 is 0 Å². The zero-order valence-electron chi connectivity index (χ0n) is 8.12. The molecule has 1 aliphatic heterocycles. The molecule has 1 saturated heterocycles. The third-order valence-electron chi connectivity index (χ3n) is 2.79. The molecule has 0 amide bonds. The van der Waals surface area contributed by atoms with Crippen LogP contribution in [0.25, 0.3) is 0 Å². The number of rotatable bonds is 2. The van der Waals surface area contributed by atoms with Gasteiger partial charge in [0.2, 0.25) is 0 Å². The number of halogens is 1. The van der Waals surface area contributed by atoms with Gasteiger partial charge in [0.05, 0.1) is 0 Å². The van der Waals surface area contributed by atoms with Crippen molar-refractivity contribution in [2.75, 3.05) is 18.0 Å². The largest absolute Gasteiger partial charge is 0.367 e. The van der Waals surface area contributed by atoms with E-state index in [1.54, 1.807) is 0 Å². The minimum atomic E-state index is 0.494. The molecule has 0 spiro atoms. The lowest BCUT2D eigenvalue weighted by Crippen LogP contribution is -2.35. The van der Waals surface area contributed by atoms with Crippen LogP contribution in [0.15, 0.2) is 24.3 Å². The Balaban J connectivity index is 2.21. The van der Waals surface area contributed by atoms with Crippen LogP contribution < -0.4 is 10.6 Å². The molecule has 1 aromatic rings. The zero-order chi connectivity index (χ0) is 9.97. The third kappa shape index (κ3) is 1.86. The molecule has 0 saturated carbocycles. The topological polar surface area (TPSA) is 29.3 Å². The Hall–Kier alpha value is -0.730. The highest BCUT2D eigenvalue weighted by molar-refractivity contribution is 6.30. The first-order valence-electron chi connectivity index (χ1n) is 5.03. The van der Waals surface area contributed by atoms with Gasteiger partial charge in [0.25, 0.3) is 0 Å². The molecule has 1 atom stereocenters. The SMILES string of the molecule is NCC1CCCN1c1cccc(Cl)c1. The standard InChI is InChI=1S/C11H15ClN2/c12-9-3-1-4-10(7-9)14-6-2-5-11(14)8-13/h1,3-4,7,11H,2,5-6,8,13H2. The average molecular weight is 211 g/mol. The van der Waals surface area contributed by atoms with Crippen molar-refractivity contribution in [2.45, 2.75) is 18.9 Å². The predicted molar refractivity (Wildman–Crippen MR) is 60.9 cm³/mol. The summed E-state index contributed by atoms with van der Waals surface area (Å²) in [4.78, 5) is 2.35. The molecule has 3 heteroatoms. The molecular weight excluding hydrogens is 196 g/mol. The van der Waals surface area contributed by atoms with Gasteiger partial charge in [-0.2, -0.15) is 0 Å². The molecule has 76 valence electrons. The number of nitrogens with zero attached hydrogens (tertiary/aromatic N) is 1. The number of benzene rings is 1. The van der Waals surface area contributed by atoms with E-state index in [1.807, 2.05) is 18.2 Å². The number of hydrogen-bond donors (Lipinski definition) is 1. The summed E-state index contributed by atoms with van der Waals surface area (Å²) in [6.07, 6.45) is 2.43. The lowest BCUT2D eigenvalue weighted by molar-refractivity contribution is 0.677. The van der Waals surface area contributed by atoms with Crippen molar-refractivity contribution in [3.05, 3.63) is 29.3 Å². The third-order valence-corrected chi connectivity index (χ3v) is 3.02. The first-order valence-corrected chi connectivity index (χ1v) is 5.41. The molecule has 1 unspecified atom stereocenters. The fourth-order valence-corrected chi connectivity index (χ4v) is 2.26. The summed E-state index contributed by atoms with van der Waals surface area (Å²) in [6.45, 7) is 1.83. The van der Waals surface area contributed by atoms with E-state index < -0.39 is 0 Å². The Kier molecular flexibility index (Phi) is 2.94. The van der Waals surface area contributed by atoms with Gasteiger partial charge in [0, 0.05) is 29.8 Å². The van der Waals surface area contributed by atoms with E-state index in [1.165, 1.54) is 18.5 Å². The highest BCUT2D eigenvalue weighted by Gasteiger charge is 2.23. The quantitative estimate of drug-likeness (QED) is 0.812. The van der Waals surface area contributed by atoms with E-state index in [4.69, 9.17) is 17.3 Å². The zero-order valence-corrected chi connectivity index (χ0v) is 8.87. The minimum Gasteiger partial charge on any atom is -0.367 e. The van der Waals surface area contributed by atoms with Gasteiger partial charge in [-0.3, -0.25) is 0 Å². The van der Waals surface area contributed by atoms with Crippen molar-refractivity contribution >= 4 is 17.3 Å². The summed E-state index contributed by atoms with van der Waals surface area (Å²) in [5, 5.41) is 0.796. The first kappa shape index (κ1) is 9.81. The first-order chi connectivity index (χ1) is 6.81. The fourth-order valence-electron chi connectivity index (χ4n) is 2.08. The summed E-state index contributed by atoms with van der Waals surface area (Å²) >= 11 is 5.96. The normalized spacial score (nSPS) is 21.6. The van der Waals surface area contributed by atoms with E-state index in [0.717, 1.165) is 18.1 Å². The summed E-state index contributed by atoms with van der Waals surface area (Å²) in [7, 11) is 0. The fraction of sp³-hybridized carbons (Fsp3) is 0.455. The van der Waals surface area contributed by atoms with E-state index in [0.29, 0.717) is 6.04 Å². The van der Waals surface area contributed by atoms with Crippen molar-refractivity contribution < 1.29 is 0 Å². The van der Waals surface area contributed by atoms with E-state index in [-0.39, 0.29) is 0 Å². The molecule has 1 aromatic carbocycles. The Morgan fingerprint density at radius 3 is 3.07 bits per heavy atom. The van der Waals surface area contributed by atoms with Crippen LogP contribution in [0.5, 0.6) is 0 Å². The number of hydrogen-bond acceptors (Lipinski definition) is 2. The van der Waals surface area contributed by atoms with Crippen LogP contribution in [0, 0.1) is 0 Å². The van der Waals surface area contributed by atoms with Gasteiger partial charge in [-0.15, -0.1) is 0 Å². The van der Waals surface area contributed by atoms with Crippen LogP contribution in [0.1, 0.15) is 12.8 Å². The smallest absolute Gasteiger partial charge is 0.0426 e. The van der Waals surface area contributed by atoms with Crippen LogP contribution in [0.4, 0.5) is 5.69 Å². The van der Waals surface area contributed by atoms with Gasteiger partial charge in [-0.1, -0.05) is 17.7 Å². The molecule has 0 bridgehead atoms. The van der Waals surface area contributed by atoms with E-state index in [2.05, 4.69) is 11.0 Å². The molecule has 1 aliphatic rings. The van der Waals surface area contributed by atoms with Crippen LogP contribution in [-0.2, 0) is 0 Å². The molecule has 0 aromatic heterocycles. The van der Waals surface area contributed by atoms with E-state index in [9.17, 15) is 0 Å². The molecule has 2 nitrogen and oxygen atoms in total. The minimum absolute atomic E-state index is 0.494. The Morgan fingerprint density at radius 1 is 1.50 bits per heavy atom. The van der Waals surface area contributed by atoms with Gasteiger partial charge in [-0.25, -0.2) is 0 Å².